The van der Waals surface area contributed by atoms with Crippen LogP contribution in [0.15, 0.2) is 36.2 Å². The Bertz CT molecular complexity index is 614. The summed E-state index contributed by atoms with van der Waals surface area (Å²) in [6.07, 6.45) is 15.1. The fourth-order valence-electron chi connectivity index (χ4n) is 4.86. The molecule has 4 unspecified atom stereocenters. The number of carbonyl (C=O) groups is 1. The molecule has 0 fully saturated rings. The number of fused-ring (bicyclic) bond motifs is 1. The minimum absolute atomic E-state index is 0.0792. The summed E-state index contributed by atoms with van der Waals surface area (Å²) in [5.74, 6) is 3.13. The van der Waals surface area contributed by atoms with Gasteiger partial charge in [0.15, 0.2) is 0 Å². The van der Waals surface area contributed by atoms with Gasteiger partial charge >= 0.3 is 0 Å². The molecular formula is C25H43N3O2. The first-order valence-corrected chi connectivity index (χ1v) is 11.9. The highest BCUT2D eigenvalue weighted by Crippen LogP contribution is 2.43. The summed E-state index contributed by atoms with van der Waals surface area (Å²) in [5.41, 5.74) is 6.96. The highest BCUT2D eigenvalue weighted by Gasteiger charge is 2.33. The Morgan fingerprint density at radius 2 is 1.93 bits per heavy atom. The number of nitrogens with two attached hydrogens (primary N) is 1. The van der Waals surface area contributed by atoms with Gasteiger partial charge in [-0.2, -0.15) is 0 Å². The summed E-state index contributed by atoms with van der Waals surface area (Å²) >= 11 is 0. The first-order chi connectivity index (χ1) is 14.4. The van der Waals surface area contributed by atoms with E-state index in [9.17, 15) is 9.90 Å². The molecular weight excluding hydrogens is 374 g/mol. The smallest absolute Gasteiger partial charge is 0.219 e. The lowest BCUT2D eigenvalue weighted by molar-refractivity contribution is -0.121. The summed E-state index contributed by atoms with van der Waals surface area (Å²) < 4.78 is 0. The maximum atomic E-state index is 11.9. The zero-order chi connectivity index (χ0) is 21.9. The van der Waals surface area contributed by atoms with E-state index in [-0.39, 0.29) is 12.0 Å². The van der Waals surface area contributed by atoms with Crippen LogP contribution in [-0.2, 0) is 4.79 Å². The van der Waals surface area contributed by atoms with Crippen LogP contribution in [0.4, 0.5) is 0 Å². The average molecular weight is 418 g/mol. The molecule has 170 valence electrons. The van der Waals surface area contributed by atoms with E-state index in [4.69, 9.17) is 5.73 Å². The van der Waals surface area contributed by atoms with Crippen LogP contribution < -0.4 is 16.4 Å². The van der Waals surface area contributed by atoms with Gasteiger partial charge in [0.2, 0.25) is 5.91 Å². The van der Waals surface area contributed by atoms with E-state index in [1.165, 1.54) is 18.4 Å². The zero-order valence-electron chi connectivity index (χ0n) is 19.0. The maximum absolute atomic E-state index is 11.9. The molecule has 0 aliphatic heterocycles. The third-order valence-corrected chi connectivity index (χ3v) is 6.67. The molecule has 0 aromatic heterocycles. The molecule has 1 amide bonds. The third kappa shape index (κ3) is 8.55. The molecule has 5 atom stereocenters. The minimum atomic E-state index is -0.304. The predicted molar refractivity (Wildman–Crippen MR) is 124 cm³/mol. The van der Waals surface area contributed by atoms with Crippen LogP contribution in [0.5, 0.6) is 0 Å². The van der Waals surface area contributed by atoms with E-state index >= 15 is 0 Å². The Balaban J connectivity index is 1.58. The third-order valence-electron chi connectivity index (χ3n) is 6.67. The highest BCUT2D eigenvalue weighted by atomic mass is 16.3. The Hall–Kier alpha value is -1.75. The molecule has 5 heteroatoms. The second kappa shape index (κ2) is 12.8. The number of allylic oxidation sites excluding steroid dienone is 4. The lowest BCUT2D eigenvalue weighted by Gasteiger charge is -2.38. The van der Waals surface area contributed by atoms with Crippen molar-refractivity contribution in [3.63, 3.8) is 0 Å². The number of aliphatic hydroxyl groups is 1. The number of carbonyl (C=O) groups excluding carboxylic acids is 1. The number of aliphatic hydroxyl groups excluding tert-OH is 1. The van der Waals surface area contributed by atoms with Crippen molar-refractivity contribution in [3.05, 3.63) is 36.2 Å². The lowest BCUT2D eigenvalue weighted by Crippen LogP contribution is -2.29. The van der Waals surface area contributed by atoms with Gasteiger partial charge in [-0.1, -0.05) is 38.7 Å². The molecule has 0 aromatic carbocycles. The van der Waals surface area contributed by atoms with Gasteiger partial charge < -0.3 is 21.5 Å². The lowest BCUT2D eigenvalue weighted by atomic mass is 9.66. The summed E-state index contributed by atoms with van der Waals surface area (Å²) in [7, 11) is 0. The number of amides is 1. The van der Waals surface area contributed by atoms with E-state index in [0.29, 0.717) is 48.9 Å². The molecule has 30 heavy (non-hydrogen) atoms. The Morgan fingerprint density at radius 1 is 1.20 bits per heavy atom. The largest absolute Gasteiger partial charge is 0.393 e. The normalized spacial score (nSPS) is 26.4. The van der Waals surface area contributed by atoms with Crippen LogP contribution in [0.3, 0.4) is 0 Å². The molecule has 0 bridgehead atoms. The summed E-state index contributed by atoms with van der Waals surface area (Å²) in [4.78, 5) is 11.9. The van der Waals surface area contributed by atoms with Crippen molar-refractivity contribution in [2.45, 2.75) is 77.7 Å². The Kier molecular flexibility index (Phi) is 10.5. The van der Waals surface area contributed by atoms with Crippen LogP contribution >= 0.6 is 0 Å². The summed E-state index contributed by atoms with van der Waals surface area (Å²) in [5, 5.41) is 16.4. The van der Waals surface area contributed by atoms with Crippen LogP contribution in [0.25, 0.3) is 0 Å². The molecule has 2 aliphatic rings. The van der Waals surface area contributed by atoms with Crippen molar-refractivity contribution >= 4 is 5.91 Å². The van der Waals surface area contributed by atoms with Crippen molar-refractivity contribution in [1.29, 1.82) is 0 Å². The minimum Gasteiger partial charge on any atom is -0.393 e. The molecule has 2 rings (SSSR count). The van der Waals surface area contributed by atoms with Crippen LogP contribution in [0, 0.1) is 23.7 Å². The first-order valence-electron chi connectivity index (χ1n) is 11.9. The van der Waals surface area contributed by atoms with E-state index in [0.717, 1.165) is 38.6 Å². The SMILES string of the molecule is C=C(N)NCCCCNC(=O)CCCC(O)CCC1C(C)C=CC2=C[C@H](C)CCC21. The van der Waals surface area contributed by atoms with Gasteiger partial charge in [-0.3, -0.25) is 4.79 Å². The van der Waals surface area contributed by atoms with E-state index in [1.807, 2.05) is 0 Å². The van der Waals surface area contributed by atoms with E-state index in [1.54, 1.807) is 0 Å². The molecule has 0 saturated carbocycles. The fourth-order valence-corrected chi connectivity index (χ4v) is 4.86. The van der Waals surface area contributed by atoms with Crippen molar-refractivity contribution in [1.82, 2.24) is 10.6 Å². The molecule has 0 spiro atoms. The second-order valence-corrected chi connectivity index (χ2v) is 9.34. The van der Waals surface area contributed by atoms with Crippen molar-refractivity contribution < 1.29 is 9.90 Å². The summed E-state index contributed by atoms with van der Waals surface area (Å²) in [6.45, 7) is 9.67. The molecule has 5 nitrogen and oxygen atoms in total. The second-order valence-electron chi connectivity index (χ2n) is 9.34. The first kappa shape index (κ1) is 24.5. The number of unbranched alkanes of at least 4 members (excludes halogenated alkanes) is 1. The zero-order valence-corrected chi connectivity index (χ0v) is 19.0. The van der Waals surface area contributed by atoms with Crippen molar-refractivity contribution in [2.24, 2.45) is 29.4 Å². The predicted octanol–water partition coefficient (Wildman–Crippen LogP) is 4.01. The van der Waals surface area contributed by atoms with Crippen LogP contribution in [0.1, 0.15) is 71.6 Å². The quantitative estimate of drug-likeness (QED) is 0.341. The van der Waals surface area contributed by atoms with Gasteiger partial charge in [0.05, 0.1) is 11.9 Å². The molecule has 0 radical (unpaired) electrons. The molecule has 5 N–H and O–H groups in total. The van der Waals surface area contributed by atoms with Gasteiger partial charge in [-0.25, -0.2) is 0 Å². The number of hydrogen-bond donors (Lipinski definition) is 4. The topological polar surface area (TPSA) is 87.4 Å². The van der Waals surface area contributed by atoms with Gasteiger partial charge in [-0.05, 0) is 80.6 Å². The monoisotopic (exact) mass is 417 g/mol. The number of rotatable bonds is 13. The van der Waals surface area contributed by atoms with Crippen molar-refractivity contribution in [3.8, 4) is 0 Å². The van der Waals surface area contributed by atoms with Crippen LogP contribution in [-0.4, -0.2) is 30.2 Å². The van der Waals surface area contributed by atoms with Gasteiger partial charge in [0.25, 0.3) is 0 Å². The van der Waals surface area contributed by atoms with Gasteiger partial charge in [0.1, 0.15) is 0 Å². The average Bonchev–Trinajstić information content (AvgIpc) is 2.69. The molecule has 2 aliphatic carbocycles. The number of nitrogens with one attached hydrogen (secondary N) is 2. The Labute approximate surface area is 183 Å². The van der Waals surface area contributed by atoms with Gasteiger partial charge in [-0.15, -0.1) is 0 Å². The summed E-state index contributed by atoms with van der Waals surface area (Å²) in [6, 6.07) is 0. The fraction of sp³-hybridized carbons (Fsp3) is 0.720. The maximum Gasteiger partial charge on any atom is 0.219 e. The highest BCUT2D eigenvalue weighted by molar-refractivity contribution is 5.75. The van der Waals surface area contributed by atoms with Crippen molar-refractivity contribution in [2.75, 3.05) is 13.1 Å². The Morgan fingerprint density at radius 3 is 2.67 bits per heavy atom. The van der Waals surface area contributed by atoms with Gasteiger partial charge in [0, 0.05) is 19.5 Å². The number of hydrogen-bond acceptors (Lipinski definition) is 4. The van der Waals surface area contributed by atoms with E-state index < -0.39 is 0 Å². The molecule has 0 saturated heterocycles. The van der Waals surface area contributed by atoms with E-state index in [2.05, 4.69) is 49.3 Å². The molecule has 0 heterocycles. The molecule has 0 aromatic rings. The van der Waals surface area contributed by atoms with Crippen LogP contribution in [0.2, 0.25) is 0 Å². The standard InChI is InChI=1S/C25H43N3O2/c1-18-9-13-24-21(17-18)11-10-19(2)23(24)14-12-22(29)7-6-8-25(30)28-16-5-4-15-27-20(3)26/h10-11,17-19,22-24,27,29H,3-9,12-16,26H2,1-2H3,(H,28,30)/t18-,19?,22?,23?,24?/m1/s1.